The molecule has 0 aromatic heterocycles. The molecule has 1 atom stereocenters. The molecule has 3 heteroatoms. The van der Waals surface area contributed by atoms with Crippen molar-refractivity contribution in [2.75, 3.05) is 0 Å². The van der Waals surface area contributed by atoms with Crippen LogP contribution >= 0.6 is 23.2 Å². The van der Waals surface area contributed by atoms with Crippen molar-refractivity contribution in [1.29, 1.82) is 0 Å². The number of rotatable bonds is 7. The molecule has 0 saturated heterocycles. The third-order valence-corrected chi connectivity index (χ3v) is 3.68. The molecule has 0 aliphatic carbocycles. The van der Waals surface area contributed by atoms with Crippen LogP contribution in [0.15, 0.2) is 18.2 Å². The lowest BCUT2D eigenvalue weighted by atomic mass is 10.0. The Morgan fingerprint density at radius 1 is 1.17 bits per heavy atom. The van der Waals surface area contributed by atoms with E-state index >= 15 is 0 Å². The highest BCUT2D eigenvalue weighted by atomic mass is 35.5. The molecule has 0 aliphatic rings. The van der Waals surface area contributed by atoms with Crippen molar-refractivity contribution in [3.05, 3.63) is 33.8 Å². The van der Waals surface area contributed by atoms with E-state index < -0.39 is 0 Å². The molecule has 1 unspecified atom stereocenters. The maximum atomic E-state index is 6.06. The molecule has 0 amide bonds. The van der Waals surface area contributed by atoms with E-state index in [0.29, 0.717) is 22.1 Å². The predicted octanol–water partition coefficient (Wildman–Crippen LogP) is 5.09. The van der Waals surface area contributed by atoms with Gasteiger partial charge < -0.3 is 5.32 Å². The Morgan fingerprint density at radius 3 is 2.44 bits per heavy atom. The summed E-state index contributed by atoms with van der Waals surface area (Å²) in [5.41, 5.74) is 1.25. The monoisotopic (exact) mass is 287 g/mol. The molecule has 1 aromatic carbocycles. The highest BCUT2D eigenvalue weighted by molar-refractivity contribution is 6.42. The summed E-state index contributed by atoms with van der Waals surface area (Å²) < 4.78 is 0. The topological polar surface area (TPSA) is 12.0 Å². The van der Waals surface area contributed by atoms with Crippen LogP contribution in [-0.4, -0.2) is 12.1 Å². The second kappa shape index (κ2) is 8.04. The van der Waals surface area contributed by atoms with Gasteiger partial charge >= 0.3 is 0 Å². The summed E-state index contributed by atoms with van der Waals surface area (Å²) in [4.78, 5) is 0. The van der Waals surface area contributed by atoms with Gasteiger partial charge in [0.2, 0.25) is 0 Å². The van der Waals surface area contributed by atoms with Gasteiger partial charge in [-0.25, -0.2) is 0 Å². The molecule has 0 heterocycles. The van der Waals surface area contributed by atoms with Crippen LogP contribution in [0.25, 0.3) is 0 Å². The van der Waals surface area contributed by atoms with Crippen LogP contribution in [0.2, 0.25) is 10.0 Å². The molecule has 102 valence electrons. The van der Waals surface area contributed by atoms with Crippen LogP contribution in [0.3, 0.4) is 0 Å². The summed E-state index contributed by atoms with van der Waals surface area (Å²) in [6.45, 7) is 6.60. The molecule has 0 saturated carbocycles. The first kappa shape index (κ1) is 15.8. The molecule has 0 aliphatic heterocycles. The van der Waals surface area contributed by atoms with Crippen LogP contribution in [0, 0.1) is 0 Å². The van der Waals surface area contributed by atoms with Gasteiger partial charge in [-0.15, -0.1) is 0 Å². The molecular formula is C15H23Cl2N. The first-order valence-electron chi connectivity index (χ1n) is 6.73. The lowest BCUT2D eigenvalue weighted by Gasteiger charge is -2.21. The fourth-order valence-electron chi connectivity index (χ4n) is 2.12. The summed E-state index contributed by atoms with van der Waals surface area (Å²) in [7, 11) is 0. The Bertz CT molecular complexity index is 364. The molecule has 18 heavy (non-hydrogen) atoms. The minimum atomic E-state index is 0.509. The number of hydrogen-bond acceptors (Lipinski definition) is 1. The third-order valence-electron chi connectivity index (χ3n) is 2.94. The fourth-order valence-corrected chi connectivity index (χ4v) is 2.44. The summed E-state index contributed by atoms with van der Waals surface area (Å²) >= 11 is 12.0. The van der Waals surface area contributed by atoms with Gasteiger partial charge in [-0.05, 0) is 30.5 Å². The Hall–Kier alpha value is -0.240. The highest BCUT2D eigenvalue weighted by Crippen LogP contribution is 2.23. The van der Waals surface area contributed by atoms with Gasteiger partial charge in [0.1, 0.15) is 0 Å². The Morgan fingerprint density at radius 2 is 1.89 bits per heavy atom. The normalized spacial score (nSPS) is 13.0. The van der Waals surface area contributed by atoms with Gasteiger partial charge in [0.25, 0.3) is 0 Å². The summed E-state index contributed by atoms with van der Waals surface area (Å²) in [6.07, 6.45) is 4.70. The smallest absolute Gasteiger partial charge is 0.0595 e. The molecular weight excluding hydrogens is 265 g/mol. The maximum absolute atomic E-state index is 6.06. The van der Waals surface area contributed by atoms with Crippen molar-refractivity contribution in [2.24, 2.45) is 0 Å². The molecule has 1 aromatic rings. The molecule has 0 spiro atoms. The van der Waals surface area contributed by atoms with Crippen molar-refractivity contribution in [2.45, 2.75) is 58.5 Å². The SMILES string of the molecule is CCCCC(Cc1ccc(Cl)c(Cl)c1)NC(C)C. The van der Waals surface area contributed by atoms with Gasteiger partial charge in [0.05, 0.1) is 10.0 Å². The van der Waals surface area contributed by atoms with Crippen molar-refractivity contribution in [3.8, 4) is 0 Å². The van der Waals surface area contributed by atoms with E-state index in [9.17, 15) is 0 Å². The van der Waals surface area contributed by atoms with Crippen molar-refractivity contribution < 1.29 is 0 Å². The van der Waals surface area contributed by atoms with Crippen molar-refractivity contribution >= 4 is 23.2 Å². The largest absolute Gasteiger partial charge is 0.311 e. The molecule has 1 N–H and O–H groups in total. The molecule has 0 fully saturated rings. The Balaban J connectivity index is 2.65. The molecule has 0 bridgehead atoms. The summed E-state index contributed by atoms with van der Waals surface area (Å²) in [5, 5.41) is 4.89. The van der Waals surface area contributed by atoms with E-state index in [-0.39, 0.29) is 0 Å². The van der Waals surface area contributed by atoms with Crippen LogP contribution in [0.4, 0.5) is 0 Å². The number of unbranched alkanes of at least 4 members (excludes halogenated alkanes) is 1. The van der Waals surface area contributed by atoms with E-state index in [1.54, 1.807) is 0 Å². The number of nitrogens with one attached hydrogen (secondary N) is 1. The van der Waals surface area contributed by atoms with Gasteiger partial charge in [-0.2, -0.15) is 0 Å². The van der Waals surface area contributed by atoms with Crippen LogP contribution in [0.5, 0.6) is 0 Å². The molecule has 0 radical (unpaired) electrons. The lowest BCUT2D eigenvalue weighted by molar-refractivity contribution is 0.425. The Kier molecular flexibility index (Phi) is 7.06. The average molecular weight is 288 g/mol. The van der Waals surface area contributed by atoms with Crippen LogP contribution in [0.1, 0.15) is 45.6 Å². The van der Waals surface area contributed by atoms with Crippen LogP contribution in [-0.2, 0) is 6.42 Å². The van der Waals surface area contributed by atoms with Gasteiger partial charge in [-0.3, -0.25) is 0 Å². The highest BCUT2D eigenvalue weighted by Gasteiger charge is 2.11. The minimum Gasteiger partial charge on any atom is -0.311 e. The number of hydrogen-bond donors (Lipinski definition) is 1. The number of benzene rings is 1. The second-order valence-electron chi connectivity index (χ2n) is 5.11. The lowest BCUT2D eigenvalue weighted by Crippen LogP contribution is -2.36. The predicted molar refractivity (Wildman–Crippen MR) is 81.8 cm³/mol. The van der Waals surface area contributed by atoms with E-state index in [1.165, 1.54) is 24.8 Å². The first-order valence-corrected chi connectivity index (χ1v) is 7.48. The molecule has 1 nitrogen and oxygen atoms in total. The zero-order valence-electron chi connectivity index (χ0n) is 11.5. The summed E-state index contributed by atoms with van der Waals surface area (Å²) in [5.74, 6) is 0. The first-order chi connectivity index (χ1) is 8.52. The quantitative estimate of drug-likeness (QED) is 0.736. The van der Waals surface area contributed by atoms with Crippen molar-refractivity contribution in [3.63, 3.8) is 0 Å². The van der Waals surface area contributed by atoms with Gasteiger partial charge in [0, 0.05) is 12.1 Å². The minimum absolute atomic E-state index is 0.509. The Labute approximate surface area is 121 Å². The number of halogens is 2. The van der Waals surface area contributed by atoms with Gasteiger partial charge in [0.15, 0.2) is 0 Å². The zero-order valence-corrected chi connectivity index (χ0v) is 13.0. The third kappa shape index (κ3) is 5.60. The van der Waals surface area contributed by atoms with Crippen LogP contribution < -0.4 is 5.32 Å². The van der Waals surface area contributed by atoms with Gasteiger partial charge in [-0.1, -0.05) is 62.9 Å². The average Bonchev–Trinajstić information content (AvgIpc) is 2.30. The summed E-state index contributed by atoms with van der Waals surface area (Å²) in [6, 6.07) is 6.95. The zero-order chi connectivity index (χ0) is 13.5. The van der Waals surface area contributed by atoms with E-state index in [4.69, 9.17) is 23.2 Å². The maximum Gasteiger partial charge on any atom is 0.0595 e. The second-order valence-corrected chi connectivity index (χ2v) is 5.93. The molecule has 1 rings (SSSR count). The van der Waals surface area contributed by atoms with E-state index in [0.717, 1.165) is 6.42 Å². The fraction of sp³-hybridized carbons (Fsp3) is 0.600. The van der Waals surface area contributed by atoms with E-state index in [2.05, 4.69) is 32.2 Å². The van der Waals surface area contributed by atoms with Crippen molar-refractivity contribution in [1.82, 2.24) is 5.32 Å². The standard InChI is InChI=1S/C15H23Cl2N/c1-4-5-6-13(18-11(2)3)9-12-7-8-14(16)15(17)10-12/h7-8,10-11,13,18H,4-6,9H2,1-3H3. The van der Waals surface area contributed by atoms with E-state index in [1.807, 2.05) is 12.1 Å².